The number of aromatic amines is 1. The van der Waals surface area contributed by atoms with E-state index >= 15 is 0 Å². The minimum absolute atomic E-state index is 0.0130. The molecule has 2 aromatic heterocycles. The average molecular weight is 415 g/mol. The van der Waals surface area contributed by atoms with Crippen LogP contribution in [-0.4, -0.2) is 15.9 Å². The fraction of sp³-hybridized carbons (Fsp3) is 0.261. The first-order chi connectivity index (χ1) is 14.8. The lowest BCUT2D eigenvalue weighted by Crippen LogP contribution is -2.40. The van der Waals surface area contributed by atoms with Crippen molar-refractivity contribution in [1.29, 1.82) is 10.5 Å². The number of hydrogen-bond acceptors (Lipinski definition) is 5. The number of nitrogens with one attached hydrogen (secondary N) is 2. The topological polar surface area (TPSA) is 122 Å². The maximum Gasteiger partial charge on any atom is 0.252 e. The Labute approximate surface area is 177 Å². The van der Waals surface area contributed by atoms with Gasteiger partial charge in [-0.25, -0.2) is 4.39 Å². The number of aromatic nitrogens is 2. The van der Waals surface area contributed by atoms with Crippen molar-refractivity contribution in [3.63, 3.8) is 0 Å². The van der Waals surface area contributed by atoms with Crippen molar-refractivity contribution >= 4 is 16.8 Å². The highest BCUT2D eigenvalue weighted by Gasteiger charge is 2.54. The lowest BCUT2D eigenvalue weighted by atomic mass is 9.88. The Morgan fingerprint density at radius 1 is 1.32 bits per heavy atom. The smallest absolute Gasteiger partial charge is 0.252 e. The third kappa shape index (κ3) is 3.23. The summed E-state index contributed by atoms with van der Waals surface area (Å²) >= 11 is 0. The van der Waals surface area contributed by atoms with Crippen LogP contribution in [0.3, 0.4) is 0 Å². The highest BCUT2D eigenvalue weighted by atomic mass is 19.1. The molecule has 154 valence electrons. The molecule has 8 heteroatoms. The van der Waals surface area contributed by atoms with Gasteiger partial charge in [-0.15, -0.1) is 0 Å². The van der Waals surface area contributed by atoms with Crippen LogP contribution in [-0.2, 0) is 10.2 Å². The number of carbonyl (C=O) groups excluding carboxylic acids is 1. The molecule has 0 saturated heterocycles. The molecule has 0 aliphatic heterocycles. The Morgan fingerprint density at radius 2 is 2.06 bits per heavy atom. The van der Waals surface area contributed by atoms with E-state index in [1.54, 1.807) is 32.0 Å². The van der Waals surface area contributed by atoms with Gasteiger partial charge in [0.25, 0.3) is 5.56 Å². The number of rotatable bonds is 4. The van der Waals surface area contributed by atoms with Crippen LogP contribution in [0.1, 0.15) is 53.8 Å². The first-order valence-corrected chi connectivity index (χ1v) is 9.75. The first-order valence-electron chi connectivity index (χ1n) is 9.75. The molecular formula is C23H18FN5O2. The van der Waals surface area contributed by atoms with E-state index < -0.39 is 23.2 Å². The molecule has 2 N–H and O–H groups in total. The van der Waals surface area contributed by atoms with Crippen LogP contribution in [0.2, 0.25) is 0 Å². The summed E-state index contributed by atoms with van der Waals surface area (Å²) in [4.78, 5) is 32.9. The van der Waals surface area contributed by atoms with Crippen molar-refractivity contribution < 1.29 is 9.18 Å². The Hall–Kier alpha value is -4.04. The van der Waals surface area contributed by atoms with Crippen molar-refractivity contribution in [1.82, 2.24) is 15.3 Å². The largest absolute Gasteiger partial charge is 0.347 e. The predicted octanol–water partition coefficient (Wildman–Crippen LogP) is 3.02. The number of H-pyrrole nitrogens is 1. The molecule has 2 heterocycles. The molecule has 31 heavy (non-hydrogen) atoms. The normalized spacial score (nSPS) is 15.0. The van der Waals surface area contributed by atoms with E-state index in [1.807, 2.05) is 6.07 Å². The molecule has 1 saturated carbocycles. The summed E-state index contributed by atoms with van der Waals surface area (Å²) in [5.74, 6) is -1.08. The number of fused-ring (bicyclic) bond motifs is 1. The first kappa shape index (κ1) is 20.2. The van der Waals surface area contributed by atoms with Gasteiger partial charge >= 0.3 is 0 Å². The lowest BCUT2D eigenvalue weighted by Gasteiger charge is -2.21. The van der Waals surface area contributed by atoms with Crippen LogP contribution >= 0.6 is 0 Å². The zero-order chi connectivity index (χ0) is 22.3. The van der Waals surface area contributed by atoms with Gasteiger partial charge in [-0.2, -0.15) is 10.5 Å². The molecule has 7 nitrogen and oxygen atoms in total. The van der Waals surface area contributed by atoms with Gasteiger partial charge in [0.1, 0.15) is 11.9 Å². The van der Waals surface area contributed by atoms with Gasteiger partial charge in [0.15, 0.2) is 0 Å². The number of hydrogen-bond donors (Lipinski definition) is 2. The number of carbonyl (C=O) groups is 1. The fourth-order valence-electron chi connectivity index (χ4n) is 4.16. The van der Waals surface area contributed by atoms with Gasteiger partial charge in [0.2, 0.25) is 5.91 Å². The van der Waals surface area contributed by atoms with Gasteiger partial charge in [-0.05, 0) is 50.5 Å². The molecule has 1 atom stereocenters. The lowest BCUT2D eigenvalue weighted by molar-refractivity contribution is -0.124. The zero-order valence-corrected chi connectivity index (χ0v) is 16.9. The summed E-state index contributed by atoms with van der Waals surface area (Å²) in [6, 6.07) is 9.33. The Bertz CT molecular complexity index is 1380. The van der Waals surface area contributed by atoms with Gasteiger partial charge in [0.05, 0.1) is 34.3 Å². The summed E-state index contributed by atoms with van der Waals surface area (Å²) in [6.45, 7) is 3.34. The Morgan fingerprint density at radius 3 is 2.68 bits per heavy atom. The summed E-state index contributed by atoms with van der Waals surface area (Å²) in [5, 5.41) is 21.7. The molecule has 1 fully saturated rings. The third-order valence-electron chi connectivity index (χ3n) is 5.83. The number of aryl methyl sites for hydroxylation is 1. The van der Waals surface area contributed by atoms with Gasteiger partial charge in [-0.1, -0.05) is 6.07 Å². The molecule has 3 aromatic rings. The van der Waals surface area contributed by atoms with E-state index in [9.17, 15) is 19.2 Å². The second kappa shape index (κ2) is 7.33. The number of benzene rings is 1. The van der Waals surface area contributed by atoms with E-state index in [-0.39, 0.29) is 16.8 Å². The molecule has 0 unspecified atom stereocenters. The monoisotopic (exact) mass is 415 g/mol. The predicted molar refractivity (Wildman–Crippen MR) is 110 cm³/mol. The molecule has 1 aliphatic carbocycles. The van der Waals surface area contributed by atoms with E-state index in [1.165, 1.54) is 6.20 Å². The van der Waals surface area contributed by atoms with Crippen molar-refractivity contribution in [2.24, 2.45) is 0 Å². The number of nitriles is 2. The molecule has 1 aromatic carbocycles. The minimum Gasteiger partial charge on any atom is -0.347 e. The van der Waals surface area contributed by atoms with Crippen molar-refractivity contribution in [2.75, 3.05) is 0 Å². The fourth-order valence-corrected chi connectivity index (χ4v) is 4.16. The van der Waals surface area contributed by atoms with Crippen molar-refractivity contribution in [3.8, 4) is 12.1 Å². The van der Waals surface area contributed by atoms with Crippen molar-refractivity contribution in [2.45, 2.75) is 38.1 Å². The second-order valence-electron chi connectivity index (χ2n) is 7.77. The van der Waals surface area contributed by atoms with Crippen LogP contribution < -0.4 is 10.9 Å². The number of amides is 1. The van der Waals surface area contributed by atoms with E-state index in [0.717, 1.165) is 6.07 Å². The van der Waals surface area contributed by atoms with Gasteiger partial charge < -0.3 is 10.3 Å². The Kier molecular flexibility index (Phi) is 4.79. The molecule has 0 spiro atoms. The molecule has 1 aliphatic rings. The highest BCUT2D eigenvalue weighted by molar-refractivity contribution is 5.95. The summed E-state index contributed by atoms with van der Waals surface area (Å²) in [5.41, 5.74) is 0.581. The molecule has 0 bridgehead atoms. The van der Waals surface area contributed by atoms with Crippen LogP contribution in [0.15, 0.2) is 35.3 Å². The van der Waals surface area contributed by atoms with Crippen LogP contribution in [0, 0.1) is 35.4 Å². The van der Waals surface area contributed by atoms with E-state index in [4.69, 9.17) is 5.26 Å². The third-order valence-corrected chi connectivity index (χ3v) is 5.83. The Balaban J connectivity index is 1.72. The quantitative estimate of drug-likeness (QED) is 0.678. The summed E-state index contributed by atoms with van der Waals surface area (Å²) < 4.78 is 14.3. The highest BCUT2D eigenvalue weighted by Crippen LogP contribution is 2.49. The SMILES string of the molecule is Cc1c(C2(C(=O)N[C@@H](C)c3ncc(C#N)cc3F)CC2)c(=O)[nH]c2cccc(C#N)c12. The average Bonchev–Trinajstić information content (AvgIpc) is 3.54. The number of pyridine rings is 2. The summed E-state index contributed by atoms with van der Waals surface area (Å²) in [7, 11) is 0. The molecule has 0 radical (unpaired) electrons. The van der Waals surface area contributed by atoms with Crippen LogP contribution in [0.5, 0.6) is 0 Å². The van der Waals surface area contributed by atoms with Gasteiger partial charge in [0, 0.05) is 22.7 Å². The maximum absolute atomic E-state index is 14.3. The number of nitrogens with zero attached hydrogens (tertiary/aromatic N) is 3. The van der Waals surface area contributed by atoms with E-state index in [2.05, 4.69) is 21.4 Å². The zero-order valence-electron chi connectivity index (χ0n) is 16.9. The second-order valence-corrected chi connectivity index (χ2v) is 7.77. The molecule has 1 amide bonds. The minimum atomic E-state index is -1.04. The van der Waals surface area contributed by atoms with Crippen LogP contribution in [0.25, 0.3) is 10.9 Å². The standard InChI is InChI=1S/C23H18FN5O2/c1-12-18-15(10-26)4-3-5-17(18)29-21(30)19(12)23(6-7-23)22(31)28-13(2)20-16(24)8-14(9-25)11-27-20/h3-5,8,11,13H,6-7H2,1-2H3,(H,28,31)(H,29,30)/t13-/m0/s1. The maximum atomic E-state index is 14.3. The molecule has 4 rings (SSSR count). The van der Waals surface area contributed by atoms with Crippen LogP contribution in [0.4, 0.5) is 4.39 Å². The van der Waals surface area contributed by atoms with E-state index in [0.29, 0.717) is 40.4 Å². The van der Waals surface area contributed by atoms with Gasteiger partial charge in [-0.3, -0.25) is 14.6 Å². The number of halogens is 1. The van der Waals surface area contributed by atoms with Crippen molar-refractivity contribution in [3.05, 3.63) is 74.6 Å². The molecular weight excluding hydrogens is 397 g/mol. The summed E-state index contributed by atoms with van der Waals surface area (Å²) in [6.07, 6.45) is 2.19.